The molecular weight excluding hydrogens is 266 g/mol. The van der Waals surface area contributed by atoms with Gasteiger partial charge in [0.2, 0.25) is 0 Å². The van der Waals surface area contributed by atoms with E-state index in [4.69, 9.17) is 10.5 Å². The van der Waals surface area contributed by atoms with Gasteiger partial charge >= 0.3 is 0 Å². The number of rotatable bonds is 5. The Hall–Kier alpha value is -0.700. The monoisotopic (exact) mass is 285 g/mol. The molecule has 1 aromatic rings. The lowest BCUT2D eigenvalue weighted by Gasteiger charge is -2.14. The van der Waals surface area contributed by atoms with Gasteiger partial charge < -0.3 is 10.5 Å². The summed E-state index contributed by atoms with van der Waals surface area (Å²) >= 11 is 3.47. The average molecular weight is 286 g/mol. The number of benzene rings is 1. The minimum Gasteiger partial charge on any atom is -0.492 e. The van der Waals surface area contributed by atoms with E-state index >= 15 is 0 Å². The van der Waals surface area contributed by atoms with Crippen molar-refractivity contribution in [3.63, 3.8) is 0 Å². The van der Waals surface area contributed by atoms with Gasteiger partial charge in [-0.3, -0.25) is 0 Å². The van der Waals surface area contributed by atoms with E-state index in [1.54, 1.807) is 0 Å². The van der Waals surface area contributed by atoms with Crippen LogP contribution in [-0.4, -0.2) is 6.61 Å². The van der Waals surface area contributed by atoms with Crippen molar-refractivity contribution in [2.75, 3.05) is 12.3 Å². The first-order chi connectivity index (χ1) is 7.54. The lowest BCUT2D eigenvalue weighted by Crippen LogP contribution is -2.08. The van der Waals surface area contributed by atoms with Crippen molar-refractivity contribution in [1.29, 1.82) is 0 Å². The zero-order valence-electron chi connectivity index (χ0n) is 10.2. The Balaban J connectivity index is 2.63. The molecule has 3 heteroatoms. The van der Waals surface area contributed by atoms with Crippen molar-refractivity contribution in [3.8, 4) is 5.75 Å². The maximum Gasteiger partial charge on any atom is 0.133 e. The molecule has 2 nitrogen and oxygen atoms in total. The molecule has 1 atom stereocenters. The Morgan fingerprint density at radius 2 is 2.12 bits per heavy atom. The standard InChI is InChI=1S/C13H20BrNO/c1-4-5-9(2)8-16-13-6-10(3)12(15)7-11(13)14/h6-7,9H,4-5,8,15H2,1-3H3. The van der Waals surface area contributed by atoms with Crippen LogP contribution in [-0.2, 0) is 0 Å². The predicted molar refractivity (Wildman–Crippen MR) is 72.9 cm³/mol. The molecule has 1 unspecified atom stereocenters. The summed E-state index contributed by atoms with van der Waals surface area (Å²) in [6.45, 7) is 7.15. The van der Waals surface area contributed by atoms with E-state index in [0.717, 1.165) is 28.1 Å². The predicted octanol–water partition coefficient (Wildman–Crippen LogP) is 4.15. The first-order valence-corrected chi connectivity index (χ1v) is 6.52. The van der Waals surface area contributed by atoms with Gasteiger partial charge in [0, 0.05) is 5.69 Å². The highest BCUT2D eigenvalue weighted by Crippen LogP contribution is 2.30. The molecule has 2 N–H and O–H groups in total. The average Bonchev–Trinajstić information content (AvgIpc) is 2.22. The fraction of sp³-hybridized carbons (Fsp3) is 0.538. The van der Waals surface area contributed by atoms with Crippen LogP contribution in [0.15, 0.2) is 16.6 Å². The first-order valence-electron chi connectivity index (χ1n) is 5.73. The van der Waals surface area contributed by atoms with Crippen molar-refractivity contribution in [1.82, 2.24) is 0 Å². The minimum atomic E-state index is 0.592. The van der Waals surface area contributed by atoms with Gasteiger partial charge in [-0.25, -0.2) is 0 Å². The zero-order valence-corrected chi connectivity index (χ0v) is 11.8. The Morgan fingerprint density at radius 3 is 2.75 bits per heavy atom. The van der Waals surface area contributed by atoms with Gasteiger partial charge in [-0.15, -0.1) is 0 Å². The zero-order chi connectivity index (χ0) is 12.1. The van der Waals surface area contributed by atoms with Gasteiger partial charge in [-0.1, -0.05) is 20.3 Å². The number of hydrogen-bond donors (Lipinski definition) is 1. The molecule has 90 valence electrons. The molecule has 0 radical (unpaired) electrons. The summed E-state index contributed by atoms with van der Waals surface area (Å²) < 4.78 is 6.71. The van der Waals surface area contributed by atoms with Gasteiger partial charge in [0.1, 0.15) is 5.75 Å². The van der Waals surface area contributed by atoms with Crippen LogP contribution in [0.25, 0.3) is 0 Å². The highest BCUT2D eigenvalue weighted by molar-refractivity contribution is 9.10. The molecule has 0 aliphatic rings. The van der Waals surface area contributed by atoms with E-state index in [2.05, 4.69) is 29.8 Å². The number of hydrogen-bond acceptors (Lipinski definition) is 2. The van der Waals surface area contributed by atoms with Crippen LogP contribution in [0.1, 0.15) is 32.3 Å². The van der Waals surface area contributed by atoms with Gasteiger partial charge in [-0.2, -0.15) is 0 Å². The third-order valence-corrected chi connectivity index (χ3v) is 3.25. The summed E-state index contributed by atoms with van der Waals surface area (Å²) in [5.41, 5.74) is 7.66. The van der Waals surface area contributed by atoms with Crippen molar-refractivity contribution in [3.05, 3.63) is 22.2 Å². The Morgan fingerprint density at radius 1 is 1.44 bits per heavy atom. The Labute approximate surface area is 106 Å². The topological polar surface area (TPSA) is 35.2 Å². The molecule has 0 fully saturated rings. The van der Waals surface area contributed by atoms with E-state index in [-0.39, 0.29) is 0 Å². The molecule has 1 rings (SSSR count). The van der Waals surface area contributed by atoms with Crippen LogP contribution in [0.3, 0.4) is 0 Å². The molecule has 0 aliphatic heterocycles. The highest BCUT2D eigenvalue weighted by atomic mass is 79.9. The van der Waals surface area contributed by atoms with E-state index in [1.807, 2.05) is 19.1 Å². The number of halogens is 1. The van der Waals surface area contributed by atoms with E-state index < -0.39 is 0 Å². The fourth-order valence-electron chi connectivity index (χ4n) is 1.59. The number of nitrogen functional groups attached to an aromatic ring is 1. The number of ether oxygens (including phenoxy) is 1. The van der Waals surface area contributed by atoms with Crippen molar-refractivity contribution in [2.24, 2.45) is 5.92 Å². The summed E-state index contributed by atoms with van der Waals surface area (Å²) in [4.78, 5) is 0. The van der Waals surface area contributed by atoms with Crippen molar-refractivity contribution in [2.45, 2.75) is 33.6 Å². The maximum absolute atomic E-state index is 5.81. The van der Waals surface area contributed by atoms with Crippen molar-refractivity contribution < 1.29 is 4.74 Å². The second-order valence-electron chi connectivity index (χ2n) is 4.34. The Bertz CT molecular complexity index is 352. The third kappa shape index (κ3) is 3.71. The normalized spacial score (nSPS) is 12.5. The fourth-order valence-corrected chi connectivity index (χ4v) is 2.06. The molecule has 0 aromatic heterocycles. The molecule has 0 spiro atoms. The van der Waals surface area contributed by atoms with Crippen LogP contribution in [0.4, 0.5) is 5.69 Å². The second kappa shape index (κ2) is 6.14. The molecule has 0 saturated carbocycles. The van der Waals surface area contributed by atoms with Gasteiger partial charge in [0.15, 0.2) is 0 Å². The largest absolute Gasteiger partial charge is 0.492 e. The van der Waals surface area contributed by atoms with E-state index in [9.17, 15) is 0 Å². The van der Waals surface area contributed by atoms with Gasteiger partial charge in [-0.05, 0) is 52.9 Å². The van der Waals surface area contributed by atoms with Crippen molar-refractivity contribution >= 4 is 21.6 Å². The third-order valence-electron chi connectivity index (χ3n) is 2.63. The molecule has 1 aromatic carbocycles. The van der Waals surface area contributed by atoms with E-state index in [0.29, 0.717) is 5.92 Å². The SMILES string of the molecule is CCCC(C)COc1cc(C)c(N)cc1Br. The quantitative estimate of drug-likeness (QED) is 0.825. The Kier molecular flexibility index (Phi) is 5.13. The molecule has 0 amide bonds. The summed E-state index contributed by atoms with van der Waals surface area (Å²) in [6, 6.07) is 3.88. The number of aryl methyl sites for hydroxylation is 1. The molecule has 0 heterocycles. The van der Waals surface area contributed by atoms with Crippen LogP contribution in [0, 0.1) is 12.8 Å². The van der Waals surface area contributed by atoms with Crippen LogP contribution < -0.4 is 10.5 Å². The summed E-state index contributed by atoms with van der Waals surface area (Å²) in [5, 5.41) is 0. The minimum absolute atomic E-state index is 0.592. The first kappa shape index (κ1) is 13.4. The summed E-state index contributed by atoms with van der Waals surface area (Å²) in [5.74, 6) is 1.48. The number of anilines is 1. The summed E-state index contributed by atoms with van der Waals surface area (Å²) in [7, 11) is 0. The summed E-state index contributed by atoms with van der Waals surface area (Å²) in [6.07, 6.45) is 2.40. The molecule has 0 aliphatic carbocycles. The second-order valence-corrected chi connectivity index (χ2v) is 5.20. The maximum atomic E-state index is 5.81. The van der Waals surface area contributed by atoms with Gasteiger partial charge in [0.25, 0.3) is 0 Å². The molecule has 0 saturated heterocycles. The molecule has 16 heavy (non-hydrogen) atoms. The highest BCUT2D eigenvalue weighted by Gasteiger charge is 2.07. The van der Waals surface area contributed by atoms with Crippen LogP contribution in [0.5, 0.6) is 5.75 Å². The number of nitrogens with two attached hydrogens (primary N) is 1. The van der Waals surface area contributed by atoms with Crippen LogP contribution in [0.2, 0.25) is 0 Å². The molecule has 0 bridgehead atoms. The van der Waals surface area contributed by atoms with E-state index in [1.165, 1.54) is 12.8 Å². The smallest absolute Gasteiger partial charge is 0.133 e. The van der Waals surface area contributed by atoms with Crippen LogP contribution >= 0.6 is 15.9 Å². The lowest BCUT2D eigenvalue weighted by atomic mass is 10.1. The van der Waals surface area contributed by atoms with Gasteiger partial charge in [0.05, 0.1) is 11.1 Å². The molecular formula is C13H20BrNO. The lowest BCUT2D eigenvalue weighted by molar-refractivity contribution is 0.250.